The lowest BCUT2D eigenvalue weighted by atomic mass is 10.3. The molecule has 0 fully saturated rings. The highest BCUT2D eigenvalue weighted by molar-refractivity contribution is 5.86. The number of aromatic nitrogens is 3. The molecule has 4 nitrogen and oxygen atoms in total. The molecule has 2 rings (SSSR count). The third-order valence-corrected chi connectivity index (χ3v) is 1.97. The van der Waals surface area contributed by atoms with Crippen LogP contribution in [-0.2, 0) is 7.05 Å². The topological polar surface area (TPSA) is 56.7 Å². The van der Waals surface area contributed by atoms with Crippen molar-refractivity contribution in [3.63, 3.8) is 0 Å². The Morgan fingerprint density at radius 2 is 2.23 bits per heavy atom. The van der Waals surface area contributed by atoms with Gasteiger partial charge in [-0.25, -0.2) is 14.1 Å². The Hall–Kier alpha value is -1.65. The summed E-state index contributed by atoms with van der Waals surface area (Å²) in [4.78, 5) is 4.04. The smallest absolute Gasteiger partial charge is 0.160 e. The van der Waals surface area contributed by atoms with Crippen molar-refractivity contribution in [1.82, 2.24) is 14.8 Å². The molecule has 2 aromatic heterocycles. The van der Waals surface area contributed by atoms with Crippen molar-refractivity contribution in [3.8, 4) is 0 Å². The highest BCUT2D eigenvalue weighted by Crippen LogP contribution is 2.19. The van der Waals surface area contributed by atoms with Gasteiger partial charge < -0.3 is 5.73 Å². The molecule has 0 saturated carbocycles. The summed E-state index contributed by atoms with van der Waals surface area (Å²) < 4.78 is 14.6. The second-order valence-corrected chi connectivity index (χ2v) is 2.94. The molecule has 0 bridgehead atoms. The van der Waals surface area contributed by atoms with Gasteiger partial charge in [-0.1, -0.05) is 0 Å². The van der Waals surface area contributed by atoms with Crippen molar-refractivity contribution in [3.05, 3.63) is 17.6 Å². The number of hydrogen-bond acceptors (Lipinski definition) is 3. The fraction of sp³-hybridized carbons (Fsp3) is 0.250. The zero-order valence-electron chi connectivity index (χ0n) is 7.37. The zero-order valence-corrected chi connectivity index (χ0v) is 7.37. The second-order valence-electron chi connectivity index (χ2n) is 2.94. The molecule has 5 heteroatoms. The van der Waals surface area contributed by atoms with E-state index < -0.39 is 0 Å². The monoisotopic (exact) mass is 180 g/mol. The standard InChI is InChI=1S/C8H9FN4/c1-4-6(9)3-5-7(10)12-13(2)8(5)11-4/h3H,1-2H3,(H2,10,12). The van der Waals surface area contributed by atoms with Crippen LogP contribution in [0.5, 0.6) is 0 Å². The van der Waals surface area contributed by atoms with Gasteiger partial charge in [-0.15, -0.1) is 0 Å². The molecule has 0 unspecified atom stereocenters. The van der Waals surface area contributed by atoms with Gasteiger partial charge in [-0.05, 0) is 13.0 Å². The van der Waals surface area contributed by atoms with Gasteiger partial charge in [0.1, 0.15) is 5.82 Å². The Bertz CT molecular complexity index is 432. The molecule has 0 spiro atoms. The summed E-state index contributed by atoms with van der Waals surface area (Å²) in [5, 5.41) is 4.50. The summed E-state index contributed by atoms with van der Waals surface area (Å²) in [7, 11) is 1.73. The quantitative estimate of drug-likeness (QED) is 0.658. The first kappa shape index (κ1) is 7.97. The molecule has 0 aromatic carbocycles. The van der Waals surface area contributed by atoms with E-state index in [1.54, 1.807) is 14.0 Å². The number of nitrogens with zero attached hydrogens (tertiary/aromatic N) is 3. The summed E-state index contributed by atoms with van der Waals surface area (Å²) in [5.74, 6) is -0.0453. The number of anilines is 1. The molecule has 2 heterocycles. The number of pyridine rings is 1. The van der Waals surface area contributed by atoms with Crippen LogP contribution >= 0.6 is 0 Å². The third kappa shape index (κ3) is 1.04. The van der Waals surface area contributed by atoms with Crippen molar-refractivity contribution < 1.29 is 4.39 Å². The molecule has 0 atom stereocenters. The molecule has 0 amide bonds. The van der Waals surface area contributed by atoms with E-state index in [1.165, 1.54) is 10.7 Å². The summed E-state index contributed by atoms with van der Waals surface area (Å²) >= 11 is 0. The lowest BCUT2D eigenvalue weighted by Gasteiger charge is -1.96. The molecule has 0 aliphatic heterocycles. The van der Waals surface area contributed by atoms with E-state index in [0.29, 0.717) is 22.5 Å². The number of aryl methyl sites for hydroxylation is 2. The van der Waals surface area contributed by atoms with Gasteiger partial charge in [0.15, 0.2) is 11.5 Å². The lowest BCUT2D eigenvalue weighted by Crippen LogP contribution is -1.94. The van der Waals surface area contributed by atoms with Crippen LogP contribution in [-0.4, -0.2) is 14.8 Å². The number of nitrogens with two attached hydrogens (primary N) is 1. The highest BCUT2D eigenvalue weighted by Gasteiger charge is 2.09. The first-order valence-electron chi connectivity index (χ1n) is 3.85. The Morgan fingerprint density at radius 3 is 2.92 bits per heavy atom. The summed E-state index contributed by atoms with van der Waals surface area (Å²) in [6, 6.07) is 1.36. The van der Waals surface area contributed by atoms with Crippen LogP contribution in [0, 0.1) is 12.7 Å². The van der Waals surface area contributed by atoms with E-state index in [-0.39, 0.29) is 5.82 Å². The van der Waals surface area contributed by atoms with Crippen LogP contribution in [0.3, 0.4) is 0 Å². The number of fused-ring (bicyclic) bond motifs is 1. The number of rotatable bonds is 0. The minimum atomic E-state index is -0.354. The predicted octanol–water partition coefficient (Wildman–Crippen LogP) is 0.998. The molecule has 13 heavy (non-hydrogen) atoms. The largest absolute Gasteiger partial charge is 0.382 e. The molecule has 0 radical (unpaired) electrons. The molecule has 2 aromatic rings. The number of halogens is 1. The molecular formula is C8H9FN4. The lowest BCUT2D eigenvalue weighted by molar-refractivity contribution is 0.612. The first-order valence-corrected chi connectivity index (χ1v) is 3.85. The van der Waals surface area contributed by atoms with E-state index >= 15 is 0 Å². The van der Waals surface area contributed by atoms with Gasteiger partial charge in [0.25, 0.3) is 0 Å². The molecule has 68 valence electrons. The summed E-state index contributed by atoms with van der Waals surface area (Å²) in [5.41, 5.74) is 6.52. The first-order chi connectivity index (χ1) is 6.09. The predicted molar refractivity (Wildman–Crippen MR) is 47.6 cm³/mol. The third-order valence-electron chi connectivity index (χ3n) is 1.97. The maximum absolute atomic E-state index is 13.1. The molecule has 0 saturated heterocycles. The number of hydrogen-bond donors (Lipinski definition) is 1. The maximum Gasteiger partial charge on any atom is 0.160 e. The Morgan fingerprint density at radius 1 is 1.54 bits per heavy atom. The van der Waals surface area contributed by atoms with Gasteiger partial charge in [0.05, 0.1) is 11.1 Å². The molecule has 0 aliphatic rings. The minimum Gasteiger partial charge on any atom is -0.382 e. The van der Waals surface area contributed by atoms with Crippen molar-refractivity contribution in [2.45, 2.75) is 6.92 Å². The van der Waals surface area contributed by atoms with Crippen molar-refractivity contribution in [2.75, 3.05) is 5.73 Å². The Balaban J connectivity index is 2.91. The van der Waals surface area contributed by atoms with Crippen LogP contribution in [0.2, 0.25) is 0 Å². The molecular weight excluding hydrogens is 171 g/mol. The van der Waals surface area contributed by atoms with E-state index in [4.69, 9.17) is 5.73 Å². The van der Waals surface area contributed by atoms with Gasteiger partial charge in [-0.2, -0.15) is 5.10 Å². The van der Waals surface area contributed by atoms with Crippen LogP contribution in [0.1, 0.15) is 5.69 Å². The normalized spacial score (nSPS) is 11.0. The van der Waals surface area contributed by atoms with Gasteiger partial charge in [-0.3, -0.25) is 0 Å². The van der Waals surface area contributed by atoms with Gasteiger partial charge in [0.2, 0.25) is 0 Å². The average molecular weight is 180 g/mol. The highest BCUT2D eigenvalue weighted by atomic mass is 19.1. The number of nitrogen functional groups attached to an aromatic ring is 1. The van der Waals surface area contributed by atoms with Crippen molar-refractivity contribution >= 4 is 16.9 Å². The van der Waals surface area contributed by atoms with E-state index in [9.17, 15) is 4.39 Å². The minimum absolute atomic E-state index is 0.309. The zero-order chi connectivity index (χ0) is 9.59. The molecule has 2 N–H and O–H groups in total. The van der Waals surface area contributed by atoms with E-state index in [0.717, 1.165) is 0 Å². The van der Waals surface area contributed by atoms with Crippen molar-refractivity contribution in [2.24, 2.45) is 7.05 Å². The second kappa shape index (κ2) is 2.42. The van der Waals surface area contributed by atoms with Crippen LogP contribution < -0.4 is 5.73 Å². The Labute approximate surface area is 74.2 Å². The summed E-state index contributed by atoms with van der Waals surface area (Å²) in [6.45, 7) is 1.61. The maximum atomic E-state index is 13.1. The van der Waals surface area contributed by atoms with E-state index in [1.807, 2.05) is 0 Å². The average Bonchev–Trinajstić information content (AvgIpc) is 2.31. The van der Waals surface area contributed by atoms with Crippen LogP contribution in [0.4, 0.5) is 10.2 Å². The van der Waals surface area contributed by atoms with Crippen LogP contribution in [0.15, 0.2) is 6.07 Å². The van der Waals surface area contributed by atoms with Crippen LogP contribution in [0.25, 0.3) is 11.0 Å². The fourth-order valence-electron chi connectivity index (χ4n) is 1.27. The van der Waals surface area contributed by atoms with Gasteiger partial charge >= 0.3 is 0 Å². The van der Waals surface area contributed by atoms with E-state index in [2.05, 4.69) is 10.1 Å². The summed E-state index contributed by atoms with van der Waals surface area (Å²) in [6.07, 6.45) is 0. The fourth-order valence-corrected chi connectivity index (χ4v) is 1.27. The molecule has 0 aliphatic carbocycles. The SMILES string of the molecule is Cc1nc2c(cc1F)c(N)nn2C. The Kier molecular flexibility index (Phi) is 1.48. The van der Waals surface area contributed by atoms with Gasteiger partial charge in [0, 0.05) is 7.05 Å². The van der Waals surface area contributed by atoms with Crippen molar-refractivity contribution in [1.29, 1.82) is 0 Å².